The molecule has 0 unspecified atom stereocenters. The highest BCUT2D eigenvalue weighted by atomic mass is 16.1. The van der Waals surface area contributed by atoms with Crippen molar-refractivity contribution in [2.24, 2.45) is 18.9 Å². The number of fused-ring (bicyclic) bond motifs is 1. The van der Waals surface area contributed by atoms with Gasteiger partial charge in [-0.2, -0.15) is 0 Å². The molecule has 1 aliphatic heterocycles. The first kappa shape index (κ1) is 19.6. The fourth-order valence-corrected chi connectivity index (χ4v) is 4.09. The van der Waals surface area contributed by atoms with Gasteiger partial charge in [0.2, 0.25) is 0 Å². The lowest BCUT2D eigenvalue weighted by molar-refractivity contribution is -0.124. The maximum atomic E-state index is 12.9. The number of Topliss-reactive ketones (excluding diaryl/α,β-unsaturated/α-hetero) is 1. The number of likely N-dealkylation sites (tertiary alicyclic amines) is 1. The summed E-state index contributed by atoms with van der Waals surface area (Å²) in [4.78, 5) is 24.6. The zero-order chi connectivity index (χ0) is 20.4. The molecule has 4 heterocycles. The maximum absolute atomic E-state index is 12.9. The zero-order valence-electron chi connectivity index (χ0n) is 17.4. The van der Waals surface area contributed by atoms with E-state index in [-0.39, 0.29) is 11.7 Å². The number of hydrogen-bond donors (Lipinski definition) is 0. The third-order valence-corrected chi connectivity index (χ3v) is 5.43. The lowest BCUT2D eigenvalue weighted by Gasteiger charge is -2.33. The van der Waals surface area contributed by atoms with Crippen molar-refractivity contribution < 1.29 is 4.79 Å². The molecule has 1 fully saturated rings. The van der Waals surface area contributed by atoms with E-state index in [1.54, 1.807) is 10.9 Å². The summed E-state index contributed by atoms with van der Waals surface area (Å²) in [6.45, 7) is 7.50. The third-order valence-electron chi connectivity index (χ3n) is 5.43. The van der Waals surface area contributed by atoms with Crippen LogP contribution in [-0.4, -0.2) is 55.3 Å². The van der Waals surface area contributed by atoms with E-state index in [4.69, 9.17) is 4.98 Å². The number of carbonyl (C=O) groups is 1. The quantitative estimate of drug-likeness (QED) is 0.642. The van der Waals surface area contributed by atoms with Crippen LogP contribution in [0, 0.1) is 11.8 Å². The molecule has 1 aliphatic rings. The lowest BCUT2D eigenvalue weighted by Crippen LogP contribution is -2.40. The molecule has 0 spiro atoms. The molecule has 152 valence electrons. The number of aryl methyl sites for hydroxylation is 1. The van der Waals surface area contributed by atoms with Crippen LogP contribution in [0.5, 0.6) is 0 Å². The van der Waals surface area contributed by atoms with E-state index in [9.17, 15) is 4.79 Å². The van der Waals surface area contributed by atoms with E-state index < -0.39 is 0 Å². The number of pyridine rings is 2. The Balaban J connectivity index is 1.49. The minimum absolute atomic E-state index is 0.110. The van der Waals surface area contributed by atoms with Gasteiger partial charge in [0.15, 0.2) is 0 Å². The Hall–Kier alpha value is -2.67. The summed E-state index contributed by atoms with van der Waals surface area (Å²) in [7, 11) is 1.83. The molecular weight excluding hydrogens is 364 g/mol. The number of hydrogen-bond acceptors (Lipinski definition) is 6. The number of piperidine rings is 1. The Morgan fingerprint density at radius 3 is 2.90 bits per heavy atom. The Kier molecular flexibility index (Phi) is 5.67. The molecule has 7 nitrogen and oxygen atoms in total. The molecule has 0 radical (unpaired) electrons. The predicted molar refractivity (Wildman–Crippen MR) is 112 cm³/mol. The molecular formula is C22H28N6O. The molecule has 0 bridgehead atoms. The number of aromatic nitrogens is 5. The third kappa shape index (κ3) is 4.67. The molecule has 4 rings (SSSR count). The van der Waals surface area contributed by atoms with Gasteiger partial charge in [0, 0.05) is 49.8 Å². The molecule has 3 aromatic heterocycles. The summed E-state index contributed by atoms with van der Waals surface area (Å²) < 4.78 is 1.66. The largest absolute Gasteiger partial charge is 0.302 e. The van der Waals surface area contributed by atoms with Crippen LogP contribution in [0.3, 0.4) is 0 Å². The highest BCUT2D eigenvalue weighted by Crippen LogP contribution is 2.22. The van der Waals surface area contributed by atoms with Gasteiger partial charge in [-0.1, -0.05) is 19.1 Å². The zero-order valence-corrected chi connectivity index (χ0v) is 17.4. The Morgan fingerprint density at radius 1 is 1.28 bits per heavy atom. The molecule has 1 saturated heterocycles. The SMILES string of the molecule is CC(C)CN1CCC[C@@H](C(=O)Cc2cc3nc(-c4cn(C)nn4)ccc3cn2)C1. The number of ketones is 1. The average molecular weight is 393 g/mol. The molecule has 29 heavy (non-hydrogen) atoms. The highest BCUT2D eigenvalue weighted by Gasteiger charge is 2.26. The summed E-state index contributed by atoms with van der Waals surface area (Å²) in [5.74, 6) is 1.02. The summed E-state index contributed by atoms with van der Waals surface area (Å²) in [5.41, 5.74) is 3.12. The molecule has 7 heteroatoms. The van der Waals surface area contributed by atoms with Crippen molar-refractivity contribution in [3.8, 4) is 11.4 Å². The van der Waals surface area contributed by atoms with Gasteiger partial charge in [-0.15, -0.1) is 5.10 Å². The maximum Gasteiger partial charge on any atom is 0.143 e. The Morgan fingerprint density at radius 2 is 2.14 bits per heavy atom. The molecule has 0 amide bonds. The minimum atomic E-state index is 0.110. The van der Waals surface area contributed by atoms with Gasteiger partial charge < -0.3 is 4.90 Å². The molecule has 1 atom stereocenters. The van der Waals surface area contributed by atoms with Crippen LogP contribution in [0.15, 0.2) is 30.6 Å². The minimum Gasteiger partial charge on any atom is -0.302 e. The van der Waals surface area contributed by atoms with Gasteiger partial charge in [0.05, 0.1) is 17.4 Å². The van der Waals surface area contributed by atoms with Crippen LogP contribution in [0.1, 0.15) is 32.4 Å². The van der Waals surface area contributed by atoms with Gasteiger partial charge in [-0.25, -0.2) is 4.98 Å². The van der Waals surface area contributed by atoms with Gasteiger partial charge in [0.1, 0.15) is 11.5 Å². The Labute approximate surface area is 171 Å². The van der Waals surface area contributed by atoms with Crippen LogP contribution >= 0.6 is 0 Å². The second kappa shape index (κ2) is 8.37. The first-order valence-corrected chi connectivity index (χ1v) is 10.4. The number of rotatable bonds is 6. The van der Waals surface area contributed by atoms with Crippen molar-refractivity contribution in [1.82, 2.24) is 29.9 Å². The van der Waals surface area contributed by atoms with Gasteiger partial charge in [-0.3, -0.25) is 14.5 Å². The fourth-order valence-electron chi connectivity index (χ4n) is 4.09. The monoisotopic (exact) mass is 392 g/mol. The highest BCUT2D eigenvalue weighted by molar-refractivity contribution is 5.85. The average Bonchev–Trinajstić information content (AvgIpc) is 3.13. The standard InChI is InChI=1S/C22H28N6O/c1-15(2)12-28-8-4-5-17(13-28)22(29)10-18-9-20-16(11-23-18)6-7-19(24-20)21-14-27(3)26-25-21/h6-7,9,11,14-15,17H,4-5,8,10,12-13H2,1-3H3/t17-/m1/s1. The van der Waals surface area contributed by atoms with Crippen molar-refractivity contribution in [3.05, 3.63) is 36.3 Å². The molecule has 0 saturated carbocycles. The van der Waals surface area contributed by atoms with E-state index >= 15 is 0 Å². The summed E-state index contributed by atoms with van der Waals surface area (Å²) in [6.07, 6.45) is 6.09. The van der Waals surface area contributed by atoms with Crippen LogP contribution in [-0.2, 0) is 18.3 Å². The van der Waals surface area contributed by atoms with Crippen molar-refractivity contribution in [2.75, 3.05) is 19.6 Å². The summed E-state index contributed by atoms with van der Waals surface area (Å²) in [5, 5.41) is 9.05. The Bertz CT molecular complexity index is 1010. The number of carbonyl (C=O) groups excluding carboxylic acids is 1. The van der Waals surface area contributed by atoms with Gasteiger partial charge in [-0.05, 0) is 43.5 Å². The van der Waals surface area contributed by atoms with Crippen molar-refractivity contribution in [1.29, 1.82) is 0 Å². The van der Waals surface area contributed by atoms with Gasteiger partial charge in [0.25, 0.3) is 0 Å². The molecule has 0 aliphatic carbocycles. The van der Waals surface area contributed by atoms with E-state index in [0.29, 0.717) is 12.3 Å². The molecule has 0 aromatic carbocycles. The lowest BCUT2D eigenvalue weighted by atomic mass is 9.91. The predicted octanol–water partition coefficient (Wildman–Crippen LogP) is 2.90. The van der Waals surface area contributed by atoms with Crippen LogP contribution in [0.4, 0.5) is 0 Å². The first-order chi connectivity index (χ1) is 14.0. The summed E-state index contributed by atoms with van der Waals surface area (Å²) >= 11 is 0. The topological polar surface area (TPSA) is 76.8 Å². The normalized spacial score (nSPS) is 17.9. The second-order valence-corrected chi connectivity index (χ2v) is 8.48. The van der Waals surface area contributed by atoms with E-state index in [0.717, 1.165) is 60.5 Å². The van der Waals surface area contributed by atoms with Crippen LogP contribution < -0.4 is 0 Å². The smallest absolute Gasteiger partial charge is 0.143 e. The van der Waals surface area contributed by atoms with Crippen molar-refractivity contribution >= 4 is 16.7 Å². The van der Waals surface area contributed by atoms with Gasteiger partial charge >= 0.3 is 0 Å². The van der Waals surface area contributed by atoms with Crippen LogP contribution in [0.25, 0.3) is 22.3 Å². The van der Waals surface area contributed by atoms with E-state index in [1.165, 1.54) is 0 Å². The number of nitrogens with zero attached hydrogens (tertiary/aromatic N) is 6. The molecule has 0 N–H and O–H groups in total. The molecule has 3 aromatic rings. The van der Waals surface area contributed by atoms with Crippen molar-refractivity contribution in [2.45, 2.75) is 33.1 Å². The first-order valence-electron chi connectivity index (χ1n) is 10.4. The van der Waals surface area contributed by atoms with Crippen molar-refractivity contribution in [3.63, 3.8) is 0 Å². The van der Waals surface area contributed by atoms with E-state index in [2.05, 4.69) is 34.0 Å². The fraction of sp³-hybridized carbons (Fsp3) is 0.500. The van der Waals surface area contributed by atoms with E-state index in [1.807, 2.05) is 31.4 Å². The second-order valence-electron chi connectivity index (χ2n) is 8.48. The van der Waals surface area contributed by atoms with Crippen LogP contribution in [0.2, 0.25) is 0 Å². The summed E-state index contributed by atoms with van der Waals surface area (Å²) in [6, 6.07) is 5.84.